The van der Waals surface area contributed by atoms with Gasteiger partial charge in [-0.3, -0.25) is 4.79 Å². The SMILES string of the molecule is CCC(CO)NC(=O)c1ccc2c(c1)CCN2. The van der Waals surface area contributed by atoms with Crippen LogP contribution in [0.2, 0.25) is 0 Å². The Morgan fingerprint density at radius 3 is 3.12 bits per heavy atom. The molecule has 4 nitrogen and oxygen atoms in total. The van der Waals surface area contributed by atoms with Crippen LogP contribution in [0.4, 0.5) is 5.69 Å². The summed E-state index contributed by atoms with van der Waals surface area (Å²) < 4.78 is 0. The largest absolute Gasteiger partial charge is 0.394 e. The number of carbonyl (C=O) groups is 1. The number of nitrogens with one attached hydrogen (secondary N) is 2. The second-order valence-corrected chi connectivity index (χ2v) is 4.31. The molecular weight excluding hydrogens is 216 g/mol. The van der Waals surface area contributed by atoms with Crippen LogP contribution in [0, 0.1) is 0 Å². The van der Waals surface area contributed by atoms with Gasteiger partial charge in [0.1, 0.15) is 0 Å². The summed E-state index contributed by atoms with van der Waals surface area (Å²) in [7, 11) is 0. The molecular formula is C13H18N2O2. The molecule has 1 unspecified atom stereocenters. The average molecular weight is 234 g/mol. The highest BCUT2D eigenvalue weighted by atomic mass is 16.3. The maximum Gasteiger partial charge on any atom is 0.251 e. The van der Waals surface area contributed by atoms with Gasteiger partial charge in [-0.1, -0.05) is 6.92 Å². The summed E-state index contributed by atoms with van der Waals surface area (Å²) in [5.41, 5.74) is 2.98. The maximum absolute atomic E-state index is 11.9. The summed E-state index contributed by atoms with van der Waals surface area (Å²) in [6.45, 7) is 2.86. The van der Waals surface area contributed by atoms with E-state index in [0.29, 0.717) is 5.56 Å². The van der Waals surface area contributed by atoms with Crippen LogP contribution in [0.25, 0.3) is 0 Å². The van der Waals surface area contributed by atoms with E-state index in [0.717, 1.165) is 25.1 Å². The lowest BCUT2D eigenvalue weighted by Gasteiger charge is -2.14. The number of hydrogen-bond donors (Lipinski definition) is 3. The number of amides is 1. The van der Waals surface area contributed by atoms with Gasteiger partial charge in [0.15, 0.2) is 0 Å². The molecule has 4 heteroatoms. The van der Waals surface area contributed by atoms with E-state index in [9.17, 15) is 4.79 Å². The summed E-state index contributed by atoms with van der Waals surface area (Å²) in [4.78, 5) is 11.9. The zero-order valence-electron chi connectivity index (χ0n) is 9.99. The Morgan fingerprint density at radius 1 is 1.59 bits per heavy atom. The second-order valence-electron chi connectivity index (χ2n) is 4.31. The van der Waals surface area contributed by atoms with Gasteiger partial charge in [-0.15, -0.1) is 0 Å². The smallest absolute Gasteiger partial charge is 0.251 e. The molecule has 1 aromatic carbocycles. The Labute approximate surface area is 101 Å². The first kappa shape index (κ1) is 11.9. The first-order chi connectivity index (χ1) is 8.24. The van der Waals surface area contributed by atoms with Crippen LogP contribution >= 0.6 is 0 Å². The summed E-state index contributed by atoms with van der Waals surface area (Å²) in [5.74, 6) is -0.111. The van der Waals surface area contributed by atoms with E-state index in [2.05, 4.69) is 10.6 Å². The maximum atomic E-state index is 11.9. The third kappa shape index (κ3) is 2.58. The Balaban J connectivity index is 2.09. The zero-order chi connectivity index (χ0) is 12.3. The minimum absolute atomic E-state index is 0.0191. The molecule has 1 aliphatic rings. The molecule has 0 aromatic heterocycles. The number of rotatable bonds is 4. The molecule has 1 heterocycles. The van der Waals surface area contributed by atoms with Crippen molar-refractivity contribution in [1.29, 1.82) is 0 Å². The number of fused-ring (bicyclic) bond motifs is 1. The zero-order valence-corrected chi connectivity index (χ0v) is 9.99. The van der Waals surface area contributed by atoms with Crippen molar-refractivity contribution in [1.82, 2.24) is 5.32 Å². The number of anilines is 1. The van der Waals surface area contributed by atoms with Gasteiger partial charge in [0.05, 0.1) is 12.6 Å². The minimum atomic E-state index is -0.158. The van der Waals surface area contributed by atoms with E-state index in [1.54, 1.807) is 0 Å². The molecule has 0 saturated carbocycles. The Morgan fingerprint density at radius 2 is 2.41 bits per heavy atom. The van der Waals surface area contributed by atoms with Crippen LogP contribution in [0.3, 0.4) is 0 Å². The van der Waals surface area contributed by atoms with E-state index in [-0.39, 0.29) is 18.6 Å². The molecule has 0 fully saturated rings. The van der Waals surface area contributed by atoms with Crippen molar-refractivity contribution in [2.75, 3.05) is 18.5 Å². The highest BCUT2D eigenvalue weighted by molar-refractivity contribution is 5.95. The van der Waals surface area contributed by atoms with Crippen LogP contribution in [-0.2, 0) is 6.42 Å². The van der Waals surface area contributed by atoms with Gasteiger partial charge in [0.25, 0.3) is 5.91 Å². The van der Waals surface area contributed by atoms with Crippen LogP contribution in [0.1, 0.15) is 29.3 Å². The van der Waals surface area contributed by atoms with E-state index in [4.69, 9.17) is 5.11 Å². The summed E-state index contributed by atoms with van der Waals surface area (Å²) in [5, 5.41) is 15.1. The predicted octanol–water partition coefficient (Wildman–Crippen LogP) is 1.16. The van der Waals surface area contributed by atoms with Crippen molar-refractivity contribution in [2.45, 2.75) is 25.8 Å². The second kappa shape index (κ2) is 5.19. The molecule has 0 bridgehead atoms. The van der Waals surface area contributed by atoms with Gasteiger partial charge in [-0.2, -0.15) is 0 Å². The molecule has 17 heavy (non-hydrogen) atoms. The molecule has 1 atom stereocenters. The Bertz CT molecular complexity index is 414. The molecule has 1 aliphatic heterocycles. The number of hydrogen-bond acceptors (Lipinski definition) is 3. The van der Waals surface area contributed by atoms with Crippen molar-refractivity contribution in [2.24, 2.45) is 0 Å². The van der Waals surface area contributed by atoms with Crippen molar-refractivity contribution in [3.63, 3.8) is 0 Å². The van der Waals surface area contributed by atoms with Gasteiger partial charge in [-0.25, -0.2) is 0 Å². The number of carbonyl (C=O) groups excluding carboxylic acids is 1. The van der Waals surface area contributed by atoms with Crippen LogP contribution in [-0.4, -0.2) is 30.2 Å². The van der Waals surface area contributed by atoms with E-state index in [1.165, 1.54) is 5.56 Å². The fraction of sp³-hybridized carbons (Fsp3) is 0.462. The van der Waals surface area contributed by atoms with Gasteiger partial charge in [0, 0.05) is 17.8 Å². The molecule has 3 N–H and O–H groups in total. The first-order valence-electron chi connectivity index (χ1n) is 6.03. The number of benzene rings is 1. The van der Waals surface area contributed by atoms with E-state index in [1.807, 2.05) is 25.1 Å². The number of aliphatic hydroxyl groups is 1. The monoisotopic (exact) mass is 234 g/mol. The minimum Gasteiger partial charge on any atom is -0.394 e. The fourth-order valence-corrected chi connectivity index (χ4v) is 1.99. The van der Waals surface area contributed by atoms with Crippen molar-refractivity contribution >= 4 is 11.6 Å². The fourth-order valence-electron chi connectivity index (χ4n) is 1.99. The molecule has 0 saturated heterocycles. The highest BCUT2D eigenvalue weighted by Crippen LogP contribution is 2.22. The van der Waals surface area contributed by atoms with Crippen LogP contribution in [0.15, 0.2) is 18.2 Å². The third-order valence-corrected chi connectivity index (χ3v) is 3.13. The topological polar surface area (TPSA) is 61.4 Å². The summed E-state index contributed by atoms with van der Waals surface area (Å²) in [6.07, 6.45) is 1.70. The lowest BCUT2D eigenvalue weighted by atomic mass is 10.1. The molecule has 0 spiro atoms. The van der Waals surface area contributed by atoms with E-state index < -0.39 is 0 Å². The lowest BCUT2D eigenvalue weighted by Crippen LogP contribution is -2.36. The summed E-state index contributed by atoms with van der Waals surface area (Å²) >= 11 is 0. The average Bonchev–Trinajstić information content (AvgIpc) is 2.82. The van der Waals surface area contributed by atoms with Gasteiger partial charge in [0.2, 0.25) is 0 Å². The molecule has 0 aliphatic carbocycles. The Kier molecular flexibility index (Phi) is 3.64. The van der Waals surface area contributed by atoms with E-state index >= 15 is 0 Å². The standard InChI is InChI=1S/C13H18N2O2/c1-2-11(8-16)15-13(17)10-3-4-12-9(7-10)5-6-14-12/h3-4,7,11,14,16H,2,5-6,8H2,1H3,(H,15,17). The first-order valence-corrected chi connectivity index (χ1v) is 6.03. The highest BCUT2D eigenvalue weighted by Gasteiger charge is 2.15. The quantitative estimate of drug-likeness (QED) is 0.732. The molecule has 1 amide bonds. The Hall–Kier alpha value is -1.55. The van der Waals surface area contributed by atoms with Crippen LogP contribution < -0.4 is 10.6 Å². The third-order valence-electron chi connectivity index (χ3n) is 3.13. The van der Waals surface area contributed by atoms with Crippen molar-refractivity contribution in [3.05, 3.63) is 29.3 Å². The van der Waals surface area contributed by atoms with Gasteiger partial charge < -0.3 is 15.7 Å². The van der Waals surface area contributed by atoms with Crippen molar-refractivity contribution in [3.8, 4) is 0 Å². The molecule has 0 radical (unpaired) electrons. The summed E-state index contributed by atoms with van der Waals surface area (Å²) in [6, 6.07) is 5.52. The van der Waals surface area contributed by atoms with Crippen molar-refractivity contribution < 1.29 is 9.90 Å². The normalized spacial score (nSPS) is 14.9. The lowest BCUT2D eigenvalue weighted by molar-refractivity contribution is 0.0915. The van der Waals surface area contributed by atoms with Gasteiger partial charge in [-0.05, 0) is 36.6 Å². The molecule has 2 rings (SSSR count). The van der Waals surface area contributed by atoms with Crippen LogP contribution in [0.5, 0.6) is 0 Å². The number of aliphatic hydroxyl groups excluding tert-OH is 1. The van der Waals surface area contributed by atoms with Gasteiger partial charge >= 0.3 is 0 Å². The molecule has 92 valence electrons. The molecule has 1 aromatic rings. The predicted molar refractivity (Wildman–Crippen MR) is 67.3 cm³/mol.